The molecule has 0 bridgehead atoms. The summed E-state index contributed by atoms with van der Waals surface area (Å²) < 4.78 is 55.5. The van der Waals surface area contributed by atoms with E-state index in [1.807, 2.05) is 26.0 Å². The number of ether oxygens (including phenoxy) is 2. The number of hydrogen-bond donors (Lipinski definition) is 0. The Morgan fingerprint density at radius 3 is 2.70 bits per heavy atom. The van der Waals surface area contributed by atoms with E-state index in [2.05, 4.69) is 5.16 Å². The molecule has 1 amide bonds. The summed E-state index contributed by atoms with van der Waals surface area (Å²) in [7, 11) is 1.35. The Morgan fingerprint density at radius 1 is 1.22 bits per heavy atom. The maximum atomic E-state index is 13.2. The van der Waals surface area contributed by atoms with E-state index in [1.54, 1.807) is 4.90 Å². The summed E-state index contributed by atoms with van der Waals surface area (Å²) in [5.41, 5.74) is 3.23. The van der Waals surface area contributed by atoms with Gasteiger partial charge in [-0.25, -0.2) is 0 Å². The van der Waals surface area contributed by atoms with Crippen molar-refractivity contribution in [1.29, 1.82) is 0 Å². The van der Waals surface area contributed by atoms with Crippen molar-refractivity contribution < 1.29 is 36.8 Å². The maximum Gasteiger partial charge on any atom is 0.437 e. The van der Waals surface area contributed by atoms with Crippen molar-refractivity contribution in [2.75, 3.05) is 25.2 Å². The fraction of sp³-hybridized carbons (Fsp3) is 0.444. The number of carbonyl (C=O) groups excluding carboxylic acids is 2. The third kappa shape index (κ3) is 5.57. The highest BCUT2D eigenvalue weighted by Crippen LogP contribution is 2.38. The summed E-state index contributed by atoms with van der Waals surface area (Å²) >= 11 is 0. The maximum absolute atomic E-state index is 13.2. The zero-order valence-electron chi connectivity index (χ0n) is 21.0. The molecule has 0 saturated heterocycles. The van der Waals surface area contributed by atoms with Crippen LogP contribution in [-0.2, 0) is 39.8 Å². The molecule has 0 saturated carbocycles. The van der Waals surface area contributed by atoms with E-state index < -0.39 is 11.9 Å². The zero-order valence-corrected chi connectivity index (χ0v) is 21.0. The zero-order chi connectivity index (χ0) is 26.7. The van der Waals surface area contributed by atoms with Gasteiger partial charge in [0, 0.05) is 24.2 Å². The van der Waals surface area contributed by atoms with Crippen molar-refractivity contribution in [3.8, 4) is 5.75 Å². The Bertz CT molecular complexity index is 1320. The number of benzene rings is 2. The number of fused-ring (bicyclic) bond motifs is 2. The van der Waals surface area contributed by atoms with Crippen LogP contribution in [0.4, 0.5) is 18.9 Å². The Kier molecular flexibility index (Phi) is 7.75. The van der Waals surface area contributed by atoms with E-state index in [-0.39, 0.29) is 35.9 Å². The van der Waals surface area contributed by atoms with E-state index >= 15 is 0 Å². The van der Waals surface area contributed by atoms with Crippen molar-refractivity contribution in [2.45, 2.75) is 58.5 Å². The van der Waals surface area contributed by atoms with Crippen LogP contribution in [-0.4, -0.2) is 37.3 Å². The fourth-order valence-corrected chi connectivity index (χ4v) is 4.86. The van der Waals surface area contributed by atoms with Gasteiger partial charge in [0.15, 0.2) is 11.3 Å². The molecule has 1 aliphatic heterocycles. The molecular formula is C27H29F3N2O5. The number of methoxy groups -OCH3 is 1. The Morgan fingerprint density at radius 2 is 2.00 bits per heavy atom. The van der Waals surface area contributed by atoms with Crippen molar-refractivity contribution in [2.24, 2.45) is 0 Å². The number of anilines is 1. The van der Waals surface area contributed by atoms with Gasteiger partial charge in [0.05, 0.1) is 25.5 Å². The Labute approximate surface area is 212 Å². The first-order valence-corrected chi connectivity index (χ1v) is 12.2. The van der Waals surface area contributed by atoms with E-state index in [0.29, 0.717) is 50.0 Å². The van der Waals surface area contributed by atoms with Crippen molar-refractivity contribution in [1.82, 2.24) is 5.16 Å². The number of alkyl halides is 3. The Hall–Kier alpha value is -3.56. The molecule has 2 aromatic carbocycles. The molecule has 10 heteroatoms. The van der Waals surface area contributed by atoms with Crippen LogP contribution in [0.25, 0.3) is 11.0 Å². The van der Waals surface area contributed by atoms with Gasteiger partial charge in [0.2, 0.25) is 5.91 Å². The van der Waals surface area contributed by atoms with Gasteiger partial charge < -0.3 is 18.9 Å². The summed E-state index contributed by atoms with van der Waals surface area (Å²) in [4.78, 5) is 26.2. The normalized spacial score (nSPS) is 13.7. The third-order valence-corrected chi connectivity index (χ3v) is 6.45. The molecule has 0 atom stereocenters. The van der Waals surface area contributed by atoms with Gasteiger partial charge in [-0.05, 0) is 55.0 Å². The van der Waals surface area contributed by atoms with Gasteiger partial charge in [0.1, 0.15) is 5.75 Å². The van der Waals surface area contributed by atoms with Gasteiger partial charge in [-0.3, -0.25) is 9.59 Å². The van der Waals surface area contributed by atoms with Gasteiger partial charge in [-0.15, -0.1) is 0 Å². The highest BCUT2D eigenvalue weighted by molar-refractivity contribution is 5.97. The molecule has 4 rings (SSSR count). The summed E-state index contributed by atoms with van der Waals surface area (Å²) in [6.45, 7) is 4.53. The quantitative estimate of drug-likeness (QED) is 0.272. The first kappa shape index (κ1) is 26.5. The van der Waals surface area contributed by atoms with Crippen LogP contribution in [0.2, 0.25) is 0 Å². The second-order valence-electron chi connectivity index (χ2n) is 9.12. The lowest BCUT2D eigenvalue weighted by Crippen LogP contribution is -2.37. The average molecular weight is 519 g/mol. The number of aryl methyl sites for hydroxylation is 3. The summed E-state index contributed by atoms with van der Waals surface area (Å²) in [5.74, 6) is 0.153. The molecule has 0 spiro atoms. The number of carbonyl (C=O) groups is 2. The number of aromatic nitrogens is 1. The molecule has 0 radical (unpaired) electrons. The first-order valence-electron chi connectivity index (χ1n) is 12.2. The summed E-state index contributed by atoms with van der Waals surface area (Å²) in [6.07, 6.45) is -1.77. The second-order valence-corrected chi connectivity index (χ2v) is 9.12. The summed E-state index contributed by atoms with van der Waals surface area (Å²) in [5, 5.41) is 3.16. The molecule has 1 aromatic heterocycles. The molecule has 0 N–H and O–H groups in total. The SMILES string of the molecule is CCCc1c(OCCCN2C(=O)CCc3cc(CC(=O)OC)cc(C)c32)ccc2c(C(F)(F)F)noc12. The lowest BCUT2D eigenvalue weighted by molar-refractivity contribution is -0.141. The molecule has 37 heavy (non-hydrogen) atoms. The van der Waals surface area contributed by atoms with E-state index in [1.165, 1.54) is 19.2 Å². The number of rotatable bonds is 9. The minimum Gasteiger partial charge on any atom is -0.493 e. The highest BCUT2D eigenvalue weighted by atomic mass is 19.4. The van der Waals surface area contributed by atoms with Crippen LogP contribution in [0.3, 0.4) is 0 Å². The minimum atomic E-state index is -4.60. The molecule has 1 aliphatic rings. The predicted molar refractivity (Wildman–Crippen MR) is 131 cm³/mol. The number of nitrogens with zero attached hydrogens (tertiary/aromatic N) is 2. The molecule has 0 unspecified atom stereocenters. The highest BCUT2D eigenvalue weighted by Gasteiger charge is 2.37. The molecule has 198 valence electrons. The third-order valence-electron chi connectivity index (χ3n) is 6.45. The lowest BCUT2D eigenvalue weighted by Gasteiger charge is -2.31. The van der Waals surface area contributed by atoms with Crippen LogP contribution < -0.4 is 9.64 Å². The Balaban J connectivity index is 1.47. The van der Waals surface area contributed by atoms with Gasteiger partial charge >= 0.3 is 12.1 Å². The minimum absolute atomic E-state index is 0.0192. The fourth-order valence-electron chi connectivity index (χ4n) is 4.86. The molecule has 3 aromatic rings. The van der Waals surface area contributed by atoms with E-state index in [4.69, 9.17) is 14.0 Å². The number of esters is 1. The number of hydrogen-bond acceptors (Lipinski definition) is 6. The standard InChI is InChI=1S/C27H29F3N2O5/c1-4-6-19-21(9-8-20-25(19)37-31-26(20)27(28,29)30)36-12-5-11-32-22(33)10-7-18-14-17(15-23(34)35-3)13-16(2)24(18)32/h8-9,13-14H,4-7,10-12,15H2,1-3H3. The molecular weight excluding hydrogens is 489 g/mol. The lowest BCUT2D eigenvalue weighted by atomic mass is 9.94. The molecule has 0 aliphatic carbocycles. The van der Waals surface area contributed by atoms with E-state index in [9.17, 15) is 22.8 Å². The van der Waals surface area contributed by atoms with E-state index in [0.717, 1.165) is 22.4 Å². The van der Waals surface area contributed by atoms with Crippen LogP contribution in [0.5, 0.6) is 5.75 Å². The summed E-state index contributed by atoms with van der Waals surface area (Å²) in [6, 6.07) is 6.70. The second kappa shape index (κ2) is 10.8. The van der Waals surface area contributed by atoms with Crippen LogP contribution >= 0.6 is 0 Å². The van der Waals surface area contributed by atoms with Crippen LogP contribution in [0.1, 0.15) is 54.1 Å². The largest absolute Gasteiger partial charge is 0.493 e. The van der Waals surface area contributed by atoms with Crippen LogP contribution in [0, 0.1) is 6.92 Å². The monoisotopic (exact) mass is 518 g/mol. The molecule has 7 nitrogen and oxygen atoms in total. The van der Waals surface area contributed by atoms with Gasteiger partial charge in [-0.1, -0.05) is 30.6 Å². The van der Waals surface area contributed by atoms with Gasteiger partial charge in [0.25, 0.3) is 0 Å². The van der Waals surface area contributed by atoms with Crippen molar-refractivity contribution in [3.63, 3.8) is 0 Å². The number of amides is 1. The first-order chi connectivity index (χ1) is 17.6. The number of halogens is 3. The van der Waals surface area contributed by atoms with Crippen LogP contribution in [0.15, 0.2) is 28.8 Å². The van der Waals surface area contributed by atoms with Crippen molar-refractivity contribution in [3.05, 3.63) is 52.2 Å². The topological polar surface area (TPSA) is 81.9 Å². The smallest absolute Gasteiger partial charge is 0.437 e. The van der Waals surface area contributed by atoms with Crippen molar-refractivity contribution >= 4 is 28.5 Å². The predicted octanol–water partition coefficient (Wildman–Crippen LogP) is 5.57. The van der Waals surface area contributed by atoms with Gasteiger partial charge in [-0.2, -0.15) is 13.2 Å². The average Bonchev–Trinajstić information content (AvgIpc) is 3.29. The molecule has 2 heterocycles. The molecule has 0 fully saturated rings.